The molecule has 0 saturated carbocycles. The number of hydrogen-bond donors (Lipinski definition) is 1. The topological polar surface area (TPSA) is 59.4 Å². The first-order valence-electron chi connectivity index (χ1n) is 6.25. The summed E-state index contributed by atoms with van der Waals surface area (Å²) in [6, 6.07) is 10.4. The molecule has 0 aliphatic carbocycles. The molecule has 1 aromatic heterocycles. The largest absolute Gasteiger partial charge is 0.494 e. The van der Waals surface area contributed by atoms with Gasteiger partial charge in [-0.1, -0.05) is 0 Å². The Morgan fingerprint density at radius 2 is 1.85 bits per heavy atom. The van der Waals surface area contributed by atoms with Gasteiger partial charge in [0.05, 0.1) is 12.2 Å². The van der Waals surface area contributed by atoms with Crippen LogP contribution in [-0.2, 0) is 0 Å². The van der Waals surface area contributed by atoms with Gasteiger partial charge in [0.15, 0.2) is 0 Å². The summed E-state index contributed by atoms with van der Waals surface area (Å²) in [5.74, 6) is 0.742. The maximum atomic E-state index is 10.7. The number of pyridine rings is 1. The Hall–Kier alpha value is -2.01. The zero-order chi connectivity index (χ0) is 14.2. The lowest BCUT2D eigenvalue weighted by Crippen LogP contribution is -2.00. The second kappa shape index (κ2) is 7.55. The van der Waals surface area contributed by atoms with Crippen molar-refractivity contribution in [2.24, 2.45) is 0 Å². The number of benzene rings is 1. The summed E-state index contributed by atoms with van der Waals surface area (Å²) in [6.07, 6.45) is 4.49. The van der Waals surface area contributed by atoms with E-state index in [0.29, 0.717) is 12.4 Å². The molecule has 0 amide bonds. The van der Waals surface area contributed by atoms with Gasteiger partial charge >= 0.3 is 5.97 Å². The number of ether oxygens (including phenoxy) is 1. The molecule has 104 valence electrons. The zero-order valence-corrected chi connectivity index (χ0v) is 11.7. The highest BCUT2D eigenvalue weighted by Gasteiger charge is 2.02. The highest BCUT2D eigenvalue weighted by Crippen LogP contribution is 2.17. The third-order valence-corrected chi connectivity index (χ3v) is 3.68. The van der Waals surface area contributed by atoms with Crippen LogP contribution in [0.25, 0.3) is 0 Å². The molecule has 2 aromatic rings. The fourth-order valence-electron chi connectivity index (χ4n) is 1.57. The number of rotatable bonds is 7. The van der Waals surface area contributed by atoms with E-state index in [-0.39, 0.29) is 5.56 Å². The minimum atomic E-state index is -0.926. The van der Waals surface area contributed by atoms with E-state index in [0.717, 1.165) is 12.2 Å². The van der Waals surface area contributed by atoms with Crippen molar-refractivity contribution in [3.05, 3.63) is 54.4 Å². The summed E-state index contributed by atoms with van der Waals surface area (Å²) >= 11 is 1.76. The maximum absolute atomic E-state index is 10.7. The SMILES string of the molecule is O=C(O)c1ccc(OCCCSc2ccncc2)cc1. The molecule has 0 radical (unpaired) electrons. The number of nitrogens with zero attached hydrogens (tertiary/aromatic N) is 1. The molecule has 20 heavy (non-hydrogen) atoms. The molecule has 1 heterocycles. The average molecular weight is 289 g/mol. The highest BCUT2D eigenvalue weighted by atomic mass is 32.2. The molecule has 0 saturated heterocycles. The Kier molecular flexibility index (Phi) is 5.43. The lowest BCUT2D eigenvalue weighted by atomic mass is 10.2. The smallest absolute Gasteiger partial charge is 0.335 e. The van der Waals surface area contributed by atoms with Crippen molar-refractivity contribution in [3.63, 3.8) is 0 Å². The van der Waals surface area contributed by atoms with Crippen LogP contribution in [0.2, 0.25) is 0 Å². The summed E-state index contributed by atoms with van der Waals surface area (Å²) < 4.78 is 5.56. The molecule has 5 heteroatoms. The Morgan fingerprint density at radius 1 is 1.15 bits per heavy atom. The highest BCUT2D eigenvalue weighted by molar-refractivity contribution is 7.99. The fourth-order valence-corrected chi connectivity index (χ4v) is 2.38. The monoisotopic (exact) mass is 289 g/mol. The van der Waals surface area contributed by atoms with Crippen molar-refractivity contribution in [2.75, 3.05) is 12.4 Å². The molecule has 0 spiro atoms. The Labute approximate surface area is 121 Å². The van der Waals surface area contributed by atoms with Gasteiger partial charge in [-0.05, 0) is 42.8 Å². The summed E-state index contributed by atoms with van der Waals surface area (Å²) in [5, 5.41) is 8.78. The van der Waals surface area contributed by atoms with E-state index in [4.69, 9.17) is 9.84 Å². The number of carbonyl (C=O) groups is 1. The van der Waals surface area contributed by atoms with Crippen molar-refractivity contribution >= 4 is 17.7 Å². The fraction of sp³-hybridized carbons (Fsp3) is 0.200. The lowest BCUT2D eigenvalue weighted by molar-refractivity contribution is 0.0697. The van der Waals surface area contributed by atoms with Gasteiger partial charge in [0.25, 0.3) is 0 Å². The first-order chi connectivity index (χ1) is 9.75. The van der Waals surface area contributed by atoms with Crippen LogP contribution in [0.3, 0.4) is 0 Å². The van der Waals surface area contributed by atoms with Crippen LogP contribution >= 0.6 is 11.8 Å². The maximum Gasteiger partial charge on any atom is 0.335 e. The lowest BCUT2D eigenvalue weighted by Gasteiger charge is -2.06. The summed E-state index contributed by atoms with van der Waals surface area (Å²) in [4.78, 5) is 15.9. The van der Waals surface area contributed by atoms with Gasteiger partial charge in [0.2, 0.25) is 0 Å². The second-order valence-corrected chi connectivity index (χ2v) is 5.23. The molecule has 4 nitrogen and oxygen atoms in total. The van der Waals surface area contributed by atoms with Crippen LogP contribution in [-0.4, -0.2) is 28.4 Å². The average Bonchev–Trinajstić information content (AvgIpc) is 2.48. The van der Waals surface area contributed by atoms with Crippen molar-refractivity contribution in [1.82, 2.24) is 4.98 Å². The number of thioether (sulfide) groups is 1. The Bertz CT molecular complexity index is 543. The van der Waals surface area contributed by atoms with Gasteiger partial charge in [-0.2, -0.15) is 0 Å². The number of carboxylic acids is 1. The van der Waals surface area contributed by atoms with Gasteiger partial charge in [-0.15, -0.1) is 11.8 Å². The van der Waals surface area contributed by atoms with Crippen molar-refractivity contribution < 1.29 is 14.6 Å². The number of aromatic nitrogens is 1. The molecule has 0 fully saturated rings. The molecule has 1 aromatic carbocycles. The minimum Gasteiger partial charge on any atom is -0.494 e. The molecule has 0 atom stereocenters. The number of carboxylic acid groups (broad SMARTS) is 1. The number of aromatic carboxylic acids is 1. The quantitative estimate of drug-likeness (QED) is 0.625. The van der Waals surface area contributed by atoms with E-state index in [1.54, 1.807) is 48.4 Å². The van der Waals surface area contributed by atoms with E-state index < -0.39 is 5.97 Å². The van der Waals surface area contributed by atoms with Crippen LogP contribution in [0.5, 0.6) is 5.75 Å². The normalized spacial score (nSPS) is 10.2. The first-order valence-corrected chi connectivity index (χ1v) is 7.23. The van der Waals surface area contributed by atoms with Crippen LogP contribution in [0.4, 0.5) is 0 Å². The molecule has 0 bridgehead atoms. The van der Waals surface area contributed by atoms with Gasteiger partial charge in [0.1, 0.15) is 5.75 Å². The number of hydrogen-bond acceptors (Lipinski definition) is 4. The Morgan fingerprint density at radius 3 is 2.50 bits per heavy atom. The summed E-state index contributed by atoms with van der Waals surface area (Å²) in [6.45, 7) is 0.616. The van der Waals surface area contributed by atoms with Crippen LogP contribution in [0.15, 0.2) is 53.7 Å². The predicted octanol–water partition coefficient (Wildman–Crippen LogP) is 3.34. The second-order valence-electron chi connectivity index (χ2n) is 4.06. The zero-order valence-electron chi connectivity index (χ0n) is 10.9. The molecular weight excluding hydrogens is 274 g/mol. The molecule has 0 aliphatic rings. The van der Waals surface area contributed by atoms with E-state index >= 15 is 0 Å². The third kappa shape index (κ3) is 4.59. The Balaban J connectivity index is 1.67. The summed E-state index contributed by atoms with van der Waals surface area (Å²) in [5.41, 5.74) is 0.269. The van der Waals surface area contributed by atoms with Gasteiger partial charge in [-0.3, -0.25) is 4.98 Å². The minimum absolute atomic E-state index is 0.269. The van der Waals surface area contributed by atoms with Crippen molar-refractivity contribution in [3.8, 4) is 5.75 Å². The van der Waals surface area contributed by atoms with E-state index in [9.17, 15) is 4.79 Å². The van der Waals surface area contributed by atoms with E-state index in [2.05, 4.69) is 4.98 Å². The molecule has 0 unspecified atom stereocenters. The van der Waals surface area contributed by atoms with Gasteiger partial charge < -0.3 is 9.84 Å². The van der Waals surface area contributed by atoms with E-state index in [1.807, 2.05) is 12.1 Å². The first kappa shape index (κ1) is 14.4. The van der Waals surface area contributed by atoms with E-state index in [1.165, 1.54) is 4.90 Å². The third-order valence-electron chi connectivity index (χ3n) is 2.58. The molecule has 1 N–H and O–H groups in total. The molecular formula is C15H15NO3S. The standard InChI is InChI=1S/C15H15NO3S/c17-15(18)12-2-4-13(5-3-12)19-10-1-11-20-14-6-8-16-9-7-14/h2-9H,1,10-11H2,(H,17,18). The van der Waals surface area contributed by atoms with Crippen LogP contribution in [0.1, 0.15) is 16.8 Å². The van der Waals surface area contributed by atoms with Crippen LogP contribution < -0.4 is 4.74 Å². The van der Waals surface area contributed by atoms with Gasteiger partial charge in [-0.25, -0.2) is 4.79 Å². The molecule has 2 rings (SSSR count). The van der Waals surface area contributed by atoms with Crippen molar-refractivity contribution in [2.45, 2.75) is 11.3 Å². The van der Waals surface area contributed by atoms with Gasteiger partial charge in [0, 0.05) is 23.0 Å². The predicted molar refractivity (Wildman–Crippen MR) is 78.5 cm³/mol. The summed E-state index contributed by atoms with van der Waals surface area (Å²) in [7, 11) is 0. The van der Waals surface area contributed by atoms with Crippen molar-refractivity contribution in [1.29, 1.82) is 0 Å². The van der Waals surface area contributed by atoms with Crippen LogP contribution in [0, 0.1) is 0 Å². The molecule has 0 aliphatic heterocycles.